The maximum atomic E-state index is 13.2. The van der Waals surface area contributed by atoms with E-state index in [0.717, 1.165) is 22.6 Å². The summed E-state index contributed by atoms with van der Waals surface area (Å²) in [6.07, 6.45) is 0. The number of anilines is 1. The van der Waals surface area contributed by atoms with Gasteiger partial charge in [-0.1, -0.05) is 5.21 Å². The van der Waals surface area contributed by atoms with E-state index in [1.807, 2.05) is 43.3 Å². The van der Waals surface area contributed by atoms with Gasteiger partial charge in [0.15, 0.2) is 0 Å². The van der Waals surface area contributed by atoms with Crippen LogP contribution in [0.2, 0.25) is 0 Å². The molecule has 23 heavy (non-hydrogen) atoms. The normalized spacial score (nSPS) is 10.8. The SMILES string of the molecule is CN(C)c1ccc(-n2nnc(CN)c2-c2ccc(F)cc2)cc1. The molecular weight excluding hydrogens is 293 g/mol. The van der Waals surface area contributed by atoms with Crippen molar-refractivity contribution >= 4 is 5.69 Å². The fourth-order valence-corrected chi connectivity index (χ4v) is 2.42. The summed E-state index contributed by atoms with van der Waals surface area (Å²) in [5.74, 6) is -0.280. The quantitative estimate of drug-likeness (QED) is 0.804. The van der Waals surface area contributed by atoms with Crippen molar-refractivity contribution in [3.63, 3.8) is 0 Å². The molecule has 3 rings (SSSR count). The van der Waals surface area contributed by atoms with Crippen LogP contribution in [0.25, 0.3) is 16.9 Å². The predicted molar refractivity (Wildman–Crippen MR) is 89.0 cm³/mol. The number of hydrogen-bond acceptors (Lipinski definition) is 4. The van der Waals surface area contributed by atoms with Crippen molar-refractivity contribution in [2.45, 2.75) is 6.54 Å². The molecule has 1 aromatic heterocycles. The zero-order valence-electron chi connectivity index (χ0n) is 13.1. The Hall–Kier alpha value is -2.73. The molecule has 0 saturated heterocycles. The molecule has 0 amide bonds. The highest BCUT2D eigenvalue weighted by Gasteiger charge is 2.15. The van der Waals surface area contributed by atoms with E-state index in [1.165, 1.54) is 12.1 Å². The lowest BCUT2D eigenvalue weighted by Crippen LogP contribution is -2.08. The van der Waals surface area contributed by atoms with Gasteiger partial charge in [-0.25, -0.2) is 9.07 Å². The van der Waals surface area contributed by atoms with Crippen LogP contribution in [-0.4, -0.2) is 29.1 Å². The van der Waals surface area contributed by atoms with Gasteiger partial charge in [-0.15, -0.1) is 5.10 Å². The van der Waals surface area contributed by atoms with E-state index < -0.39 is 0 Å². The van der Waals surface area contributed by atoms with E-state index in [-0.39, 0.29) is 12.4 Å². The van der Waals surface area contributed by atoms with Crippen molar-refractivity contribution in [2.24, 2.45) is 5.73 Å². The van der Waals surface area contributed by atoms with Crippen molar-refractivity contribution in [2.75, 3.05) is 19.0 Å². The Morgan fingerprint density at radius 1 is 1.04 bits per heavy atom. The summed E-state index contributed by atoms with van der Waals surface area (Å²) in [6.45, 7) is 0.266. The molecule has 0 bridgehead atoms. The van der Waals surface area contributed by atoms with Gasteiger partial charge in [-0.3, -0.25) is 0 Å². The Labute approximate surface area is 134 Å². The molecule has 118 valence electrons. The number of halogens is 1. The van der Waals surface area contributed by atoms with E-state index in [1.54, 1.807) is 16.8 Å². The minimum atomic E-state index is -0.280. The lowest BCUT2D eigenvalue weighted by atomic mass is 10.1. The summed E-state index contributed by atoms with van der Waals surface area (Å²) in [7, 11) is 3.97. The van der Waals surface area contributed by atoms with Gasteiger partial charge in [0.2, 0.25) is 0 Å². The van der Waals surface area contributed by atoms with Gasteiger partial charge in [0, 0.05) is 31.9 Å². The van der Waals surface area contributed by atoms with Crippen LogP contribution < -0.4 is 10.6 Å². The predicted octanol–water partition coefficient (Wildman–Crippen LogP) is 2.60. The maximum Gasteiger partial charge on any atom is 0.123 e. The monoisotopic (exact) mass is 311 g/mol. The highest BCUT2D eigenvalue weighted by Crippen LogP contribution is 2.26. The molecule has 0 atom stereocenters. The molecule has 0 saturated carbocycles. The van der Waals surface area contributed by atoms with Crippen molar-refractivity contribution in [1.82, 2.24) is 15.0 Å². The van der Waals surface area contributed by atoms with E-state index in [0.29, 0.717) is 5.69 Å². The van der Waals surface area contributed by atoms with Crippen LogP contribution in [-0.2, 0) is 6.54 Å². The summed E-state index contributed by atoms with van der Waals surface area (Å²) in [5.41, 5.74) is 10.0. The van der Waals surface area contributed by atoms with Crippen molar-refractivity contribution < 1.29 is 4.39 Å². The van der Waals surface area contributed by atoms with Gasteiger partial charge < -0.3 is 10.6 Å². The molecule has 0 aliphatic rings. The fourth-order valence-electron chi connectivity index (χ4n) is 2.42. The van der Waals surface area contributed by atoms with Crippen LogP contribution in [0.15, 0.2) is 48.5 Å². The largest absolute Gasteiger partial charge is 0.378 e. The first-order valence-electron chi connectivity index (χ1n) is 7.28. The summed E-state index contributed by atoms with van der Waals surface area (Å²) in [5, 5.41) is 8.36. The van der Waals surface area contributed by atoms with E-state index in [4.69, 9.17) is 5.73 Å². The second kappa shape index (κ2) is 6.18. The third-order valence-electron chi connectivity index (χ3n) is 3.66. The average molecular weight is 311 g/mol. The standard InChI is InChI=1S/C17H18FN5/c1-22(2)14-7-9-15(10-8-14)23-17(16(11-19)20-21-23)12-3-5-13(18)6-4-12/h3-10H,11,19H2,1-2H3. The maximum absolute atomic E-state index is 13.2. The Morgan fingerprint density at radius 3 is 2.26 bits per heavy atom. The number of rotatable bonds is 4. The molecule has 2 aromatic carbocycles. The van der Waals surface area contributed by atoms with Crippen LogP contribution in [0.3, 0.4) is 0 Å². The van der Waals surface area contributed by atoms with Crippen molar-refractivity contribution in [3.8, 4) is 16.9 Å². The summed E-state index contributed by atoms with van der Waals surface area (Å²) >= 11 is 0. The van der Waals surface area contributed by atoms with Crippen LogP contribution >= 0.6 is 0 Å². The van der Waals surface area contributed by atoms with E-state index in [9.17, 15) is 4.39 Å². The second-order valence-electron chi connectivity index (χ2n) is 5.42. The number of nitrogens with zero attached hydrogens (tertiary/aromatic N) is 4. The molecular formula is C17H18FN5. The zero-order valence-corrected chi connectivity index (χ0v) is 13.1. The van der Waals surface area contributed by atoms with Gasteiger partial charge in [0.1, 0.15) is 11.5 Å². The van der Waals surface area contributed by atoms with Crippen LogP contribution in [0.5, 0.6) is 0 Å². The molecule has 6 heteroatoms. The molecule has 0 aliphatic heterocycles. The van der Waals surface area contributed by atoms with Gasteiger partial charge >= 0.3 is 0 Å². The molecule has 2 N–H and O–H groups in total. The van der Waals surface area contributed by atoms with Gasteiger partial charge in [-0.2, -0.15) is 0 Å². The van der Waals surface area contributed by atoms with Gasteiger partial charge in [0.05, 0.1) is 11.4 Å². The molecule has 1 heterocycles. The van der Waals surface area contributed by atoms with Crippen LogP contribution in [0.1, 0.15) is 5.69 Å². The zero-order chi connectivity index (χ0) is 16.4. The lowest BCUT2D eigenvalue weighted by Gasteiger charge is -2.13. The first-order valence-corrected chi connectivity index (χ1v) is 7.28. The minimum Gasteiger partial charge on any atom is -0.378 e. The first kappa shape index (κ1) is 15.2. The van der Waals surface area contributed by atoms with Crippen molar-refractivity contribution in [3.05, 3.63) is 60.0 Å². The lowest BCUT2D eigenvalue weighted by molar-refractivity contribution is 0.628. The fraction of sp³-hybridized carbons (Fsp3) is 0.176. The molecule has 0 fully saturated rings. The Balaban J connectivity index is 2.09. The van der Waals surface area contributed by atoms with Gasteiger partial charge in [-0.05, 0) is 48.5 Å². The molecule has 5 nitrogen and oxygen atoms in total. The van der Waals surface area contributed by atoms with Gasteiger partial charge in [0.25, 0.3) is 0 Å². The number of nitrogens with two attached hydrogens (primary N) is 1. The minimum absolute atomic E-state index is 0.266. The molecule has 0 radical (unpaired) electrons. The second-order valence-corrected chi connectivity index (χ2v) is 5.42. The Kier molecular flexibility index (Phi) is 4.08. The highest BCUT2D eigenvalue weighted by molar-refractivity contribution is 5.64. The van der Waals surface area contributed by atoms with E-state index >= 15 is 0 Å². The smallest absolute Gasteiger partial charge is 0.123 e. The summed E-state index contributed by atoms with van der Waals surface area (Å²) in [6, 6.07) is 14.2. The average Bonchev–Trinajstić information content (AvgIpc) is 2.99. The Morgan fingerprint density at radius 2 is 1.70 bits per heavy atom. The molecule has 0 aliphatic carbocycles. The first-order chi connectivity index (χ1) is 11.1. The van der Waals surface area contributed by atoms with Crippen LogP contribution in [0, 0.1) is 5.82 Å². The summed E-state index contributed by atoms with van der Waals surface area (Å²) in [4.78, 5) is 2.03. The molecule has 0 unspecified atom stereocenters. The summed E-state index contributed by atoms with van der Waals surface area (Å²) < 4.78 is 14.9. The number of aromatic nitrogens is 3. The van der Waals surface area contributed by atoms with Crippen molar-refractivity contribution in [1.29, 1.82) is 0 Å². The Bertz CT molecular complexity index is 791. The highest BCUT2D eigenvalue weighted by atomic mass is 19.1. The van der Waals surface area contributed by atoms with E-state index in [2.05, 4.69) is 10.3 Å². The third kappa shape index (κ3) is 2.93. The third-order valence-corrected chi connectivity index (χ3v) is 3.66. The molecule has 3 aromatic rings. The number of benzene rings is 2. The molecule has 0 spiro atoms. The van der Waals surface area contributed by atoms with Crippen LogP contribution in [0.4, 0.5) is 10.1 Å². The topological polar surface area (TPSA) is 60.0 Å². The number of hydrogen-bond donors (Lipinski definition) is 1.